The minimum absolute atomic E-state index is 0.0669. The van der Waals surface area contributed by atoms with Crippen LogP contribution in [0.25, 0.3) is 0 Å². The van der Waals surface area contributed by atoms with Gasteiger partial charge in [-0.15, -0.1) is 3.89 Å². The van der Waals surface area contributed by atoms with Crippen LogP contribution in [-0.4, -0.2) is 27.3 Å². The van der Waals surface area contributed by atoms with Gasteiger partial charge < -0.3 is 15.2 Å². The number of ether oxygens (including phenoxy) is 2. The van der Waals surface area contributed by atoms with Crippen LogP contribution < -0.4 is 19.1 Å². The molecule has 4 rings (SSSR count). The minimum atomic E-state index is -3.71. The molecule has 1 heterocycles. The molecule has 1 unspecified atom stereocenters. The Hall–Kier alpha value is -3.39. The number of hydrogen-bond donors (Lipinski definition) is 1. The highest BCUT2D eigenvalue weighted by Gasteiger charge is 2.51. The number of hydrogen-bond acceptors (Lipinski definition) is 5. The molecule has 1 aliphatic heterocycles. The molecule has 0 aliphatic carbocycles. The van der Waals surface area contributed by atoms with E-state index in [0.717, 1.165) is 0 Å². The van der Waals surface area contributed by atoms with Gasteiger partial charge >= 0.3 is 15.9 Å². The third kappa shape index (κ3) is 4.43. The lowest BCUT2D eigenvalue weighted by Crippen LogP contribution is -2.57. The monoisotopic (exact) mass is 463 g/mol. The maximum atomic E-state index is 13.7. The van der Waals surface area contributed by atoms with Crippen molar-refractivity contribution in [2.75, 3.05) is 18.8 Å². The molecular weight excluding hydrogens is 436 g/mol. The largest absolute Gasteiger partial charge is 0.457 e. The van der Waals surface area contributed by atoms with E-state index >= 15 is 0 Å². The van der Waals surface area contributed by atoms with Crippen molar-refractivity contribution >= 4 is 15.7 Å². The zero-order valence-electron chi connectivity index (χ0n) is 18.4. The van der Waals surface area contributed by atoms with Gasteiger partial charge in [0.05, 0.1) is 11.3 Å². The molecule has 3 aromatic rings. The fourth-order valence-corrected chi connectivity index (χ4v) is 5.45. The van der Waals surface area contributed by atoms with Crippen molar-refractivity contribution in [1.82, 2.24) is 3.89 Å². The van der Waals surface area contributed by atoms with Crippen molar-refractivity contribution in [3.63, 3.8) is 0 Å². The van der Waals surface area contributed by atoms with Crippen LogP contribution in [0.15, 0.2) is 109 Å². The van der Waals surface area contributed by atoms with Gasteiger partial charge in [0.1, 0.15) is 23.8 Å². The molecule has 0 amide bonds. The van der Waals surface area contributed by atoms with Crippen LogP contribution in [0.5, 0.6) is 17.2 Å². The number of sulfonamides is 1. The van der Waals surface area contributed by atoms with Crippen molar-refractivity contribution in [2.24, 2.45) is 5.73 Å². The number of rotatable bonds is 8. The van der Waals surface area contributed by atoms with Gasteiger partial charge in [0.25, 0.3) is 0 Å². The second-order valence-corrected chi connectivity index (χ2v) is 9.92. The summed E-state index contributed by atoms with van der Waals surface area (Å²) in [4.78, 5) is 0. The summed E-state index contributed by atoms with van der Waals surface area (Å²) >= 11 is 0. The zero-order valence-corrected chi connectivity index (χ0v) is 19.2. The molecule has 33 heavy (non-hydrogen) atoms. The second kappa shape index (κ2) is 9.62. The van der Waals surface area contributed by atoms with E-state index in [1.807, 2.05) is 60.7 Å². The van der Waals surface area contributed by atoms with E-state index in [9.17, 15) is 8.42 Å². The van der Waals surface area contributed by atoms with Gasteiger partial charge in [0.15, 0.2) is 5.69 Å². The Morgan fingerprint density at radius 1 is 0.818 bits per heavy atom. The summed E-state index contributed by atoms with van der Waals surface area (Å²) in [6, 6.07) is 25.7. The van der Waals surface area contributed by atoms with E-state index in [1.165, 1.54) is 0 Å². The molecule has 0 saturated carbocycles. The topological polar surface area (TPSA) is 78.6 Å². The van der Waals surface area contributed by atoms with Crippen LogP contribution in [0.2, 0.25) is 0 Å². The van der Waals surface area contributed by atoms with E-state index < -0.39 is 13.9 Å². The standard InChI is InChI=1S/C26H27N2O4S/c1-2-33(29,30)28(22-15-17-25(18-16-22)31-23-11-5-3-6-12-23)19-9-10-21(20-27)26(28)32-24-13-7-4-8-14-24/h3-18H,2,19-20,27H2,1H3/q+1. The molecule has 7 heteroatoms. The Balaban J connectivity index is 1.82. The van der Waals surface area contributed by atoms with Crippen molar-refractivity contribution in [2.45, 2.75) is 6.92 Å². The summed E-state index contributed by atoms with van der Waals surface area (Å²) < 4.78 is 39.0. The Morgan fingerprint density at radius 2 is 1.36 bits per heavy atom. The van der Waals surface area contributed by atoms with Gasteiger partial charge in [0, 0.05) is 18.7 Å². The third-order valence-electron chi connectivity index (χ3n) is 5.53. The van der Waals surface area contributed by atoms with Crippen LogP contribution in [0.1, 0.15) is 6.92 Å². The summed E-state index contributed by atoms with van der Waals surface area (Å²) in [5.41, 5.74) is 7.21. The average molecular weight is 464 g/mol. The first-order chi connectivity index (χ1) is 16.0. The first-order valence-electron chi connectivity index (χ1n) is 10.8. The fraction of sp³-hybridized carbons (Fsp3) is 0.154. The Morgan fingerprint density at radius 3 is 1.91 bits per heavy atom. The van der Waals surface area contributed by atoms with Gasteiger partial charge in [-0.3, -0.25) is 0 Å². The molecule has 0 saturated heterocycles. The maximum absolute atomic E-state index is 13.7. The van der Waals surface area contributed by atoms with Gasteiger partial charge in [-0.2, -0.15) is 8.42 Å². The normalized spacial score (nSPS) is 18.2. The Bertz CT molecular complexity index is 1250. The van der Waals surface area contributed by atoms with Gasteiger partial charge in [0.2, 0.25) is 0 Å². The lowest BCUT2D eigenvalue weighted by atomic mass is 10.1. The van der Waals surface area contributed by atoms with Crippen LogP contribution in [0.3, 0.4) is 0 Å². The Labute approximate surface area is 194 Å². The Kier molecular flexibility index (Phi) is 6.65. The third-order valence-corrected chi connectivity index (χ3v) is 7.74. The summed E-state index contributed by atoms with van der Waals surface area (Å²) in [7, 11) is -3.71. The van der Waals surface area contributed by atoms with E-state index in [4.69, 9.17) is 15.2 Å². The van der Waals surface area contributed by atoms with Gasteiger partial charge in [-0.05, 0) is 55.5 Å². The van der Waals surface area contributed by atoms with Crippen molar-refractivity contribution in [3.8, 4) is 17.2 Å². The van der Waals surface area contributed by atoms with E-state index in [2.05, 4.69) is 0 Å². The predicted octanol–water partition coefficient (Wildman–Crippen LogP) is 4.96. The molecule has 6 nitrogen and oxygen atoms in total. The molecule has 0 aromatic heterocycles. The van der Waals surface area contributed by atoms with Crippen molar-refractivity contribution in [1.29, 1.82) is 0 Å². The molecule has 3 aromatic carbocycles. The molecule has 0 fully saturated rings. The SMILES string of the molecule is CCS(=O)(=O)[N+]1(c2ccc(Oc3ccccc3)cc2)CC=CC(CN)=C1Oc1ccccc1. The second-order valence-electron chi connectivity index (χ2n) is 7.55. The highest BCUT2D eigenvalue weighted by molar-refractivity contribution is 7.91. The first kappa shape index (κ1) is 22.8. The van der Waals surface area contributed by atoms with E-state index in [1.54, 1.807) is 43.3 Å². The maximum Gasteiger partial charge on any atom is 0.322 e. The fourth-order valence-electron chi connectivity index (χ4n) is 3.85. The summed E-state index contributed by atoms with van der Waals surface area (Å²) in [5, 5.41) is 0. The molecule has 0 bridgehead atoms. The quantitative estimate of drug-likeness (QED) is 0.478. The molecule has 1 aliphatic rings. The number of para-hydroxylation sites is 2. The number of nitrogens with zero attached hydrogens (tertiary/aromatic N) is 1. The van der Waals surface area contributed by atoms with E-state index in [0.29, 0.717) is 34.4 Å². The number of quaternary nitrogens is 1. The lowest BCUT2D eigenvalue weighted by Gasteiger charge is -2.38. The van der Waals surface area contributed by atoms with Crippen LogP contribution in [0.4, 0.5) is 5.69 Å². The number of nitrogens with two attached hydrogens (primary N) is 1. The summed E-state index contributed by atoms with van der Waals surface area (Å²) in [6.45, 7) is 1.98. The summed E-state index contributed by atoms with van der Waals surface area (Å²) in [5.74, 6) is 2.09. The number of benzene rings is 3. The lowest BCUT2D eigenvalue weighted by molar-refractivity contribution is 0.299. The van der Waals surface area contributed by atoms with Crippen LogP contribution in [0, 0.1) is 0 Å². The van der Waals surface area contributed by atoms with Gasteiger partial charge in [-0.1, -0.05) is 36.4 Å². The molecule has 0 radical (unpaired) electrons. The zero-order chi connectivity index (χ0) is 23.3. The van der Waals surface area contributed by atoms with E-state index in [-0.39, 0.29) is 18.8 Å². The molecule has 170 valence electrons. The van der Waals surface area contributed by atoms with Crippen LogP contribution >= 0.6 is 0 Å². The molecule has 0 spiro atoms. The minimum Gasteiger partial charge on any atom is -0.457 e. The van der Waals surface area contributed by atoms with Crippen LogP contribution in [-0.2, 0) is 10.0 Å². The average Bonchev–Trinajstić information content (AvgIpc) is 2.86. The van der Waals surface area contributed by atoms with Gasteiger partial charge in [-0.25, -0.2) is 0 Å². The summed E-state index contributed by atoms with van der Waals surface area (Å²) in [6.07, 6.45) is 3.68. The smallest absolute Gasteiger partial charge is 0.322 e. The molecular formula is C26H27N2O4S+. The van der Waals surface area contributed by atoms with Crippen molar-refractivity contribution in [3.05, 3.63) is 109 Å². The molecule has 2 N–H and O–H groups in total. The van der Waals surface area contributed by atoms with Crippen molar-refractivity contribution < 1.29 is 17.9 Å². The first-order valence-corrected chi connectivity index (χ1v) is 12.4. The molecule has 1 atom stereocenters. The predicted molar refractivity (Wildman–Crippen MR) is 131 cm³/mol. The highest BCUT2D eigenvalue weighted by atomic mass is 32.2. The highest BCUT2D eigenvalue weighted by Crippen LogP contribution is 2.40.